The number of aromatic amines is 1. The molecule has 0 fully saturated rings. The summed E-state index contributed by atoms with van der Waals surface area (Å²) in [6.45, 7) is 4.76. The summed E-state index contributed by atoms with van der Waals surface area (Å²) in [6.07, 6.45) is 2.65. The fourth-order valence-electron chi connectivity index (χ4n) is 3.72. The number of fused-ring (bicyclic) bond motifs is 2. The van der Waals surface area contributed by atoms with Crippen molar-refractivity contribution < 1.29 is 14.4 Å². The largest absolute Gasteiger partial charge is 0.361 e. The van der Waals surface area contributed by atoms with E-state index in [-0.39, 0.29) is 23.8 Å². The van der Waals surface area contributed by atoms with E-state index in [1.54, 1.807) is 18.2 Å². The molecule has 0 saturated heterocycles. The third-order valence-corrected chi connectivity index (χ3v) is 5.13. The zero-order valence-corrected chi connectivity index (χ0v) is 17.0. The number of hydrogen-bond donors (Lipinski definition) is 3. The van der Waals surface area contributed by atoms with Crippen LogP contribution in [0.1, 0.15) is 40.1 Å². The number of hydrogen-bond acceptors (Lipinski definition) is 3. The Kier molecular flexibility index (Phi) is 5.27. The first-order valence-electron chi connectivity index (χ1n) is 10.0. The molecule has 3 N–H and O–H groups in total. The summed E-state index contributed by atoms with van der Waals surface area (Å²) < 4.78 is 0. The number of rotatable bonds is 6. The van der Waals surface area contributed by atoms with E-state index in [9.17, 15) is 14.4 Å². The molecule has 0 atom stereocenters. The number of anilines is 1. The standard InChI is InChI=1S/C23H24N4O3/c1-14(2)13-27-21(28)18-8-7-16(11-19(18)22(27)29)26-23(30)24-10-9-15-12-25-20-6-4-3-5-17(15)20/h3-8,11-12,14,25H,9-10,13H2,1-2H3,(H2,24,26,30). The molecule has 0 bridgehead atoms. The number of carbonyl (C=O) groups is 3. The molecule has 0 aliphatic carbocycles. The first kappa shape index (κ1) is 19.7. The molecule has 0 spiro atoms. The van der Waals surface area contributed by atoms with Crippen LogP contribution in [0.4, 0.5) is 10.5 Å². The molecule has 30 heavy (non-hydrogen) atoms. The van der Waals surface area contributed by atoms with Crippen LogP contribution >= 0.6 is 0 Å². The second-order valence-corrected chi connectivity index (χ2v) is 7.87. The van der Waals surface area contributed by atoms with Crippen LogP contribution in [0.2, 0.25) is 0 Å². The number of amides is 4. The highest BCUT2D eigenvalue weighted by molar-refractivity contribution is 6.21. The van der Waals surface area contributed by atoms with Gasteiger partial charge in [0.1, 0.15) is 0 Å². The first-order valence-corrected chi connectivity index (χ1v) is 10.0. The Morgan fingerprint density at radius 2 is 1.83 bits per heavy atom. The van der Waals surface area contributed by atoms with Gasteiger partial charge in [0.2, 0.25) is 0 Å². The minimum atomic E-state index is -0.356. The van der Waals surface area contributed by atoms with Crippen molar-refractivity contribution in [1.82, 2.24) is 15.2 Å². The normalized spacial score (nSPS) is 13.2. The SMILES string of the molecule is CC(C)CN1C(=O)c2ccc(NC(=O)NCCc3c[nH]c4ccccc34)cc2C1=O. The van der Waals surface area contributed by atoms with Crippen LogP contribution in [0.25, 0.3) is 10.9 Å². The van der Waals surface area contributed by atoms with Crippen molar-refractivity contribution in [1.29, 1.82) is 0 Å². The Bertz CT molecular complexity index is 1130. The molecule has 2 heterocycles. The summed E-state index contributed by atoms with van der Waals surface area (Å²) in [7, 11) is 0. The maximum Gasteiger partial charge on any atom is 0.319 e. The maximum atomic E-state index is 12.6. The molecule has 4 rings (SSSR count). The van der Waals surface area contributed by atoms with Gasteiger partial charge in [-0.2, -0.15) is 0 Å². The molecule has 3 aromatic rings. The predicted octanol–water partition coefficient (Wildman–Crippen LogP) is 3.78. The zero-order chi connectivity index (χ0) is 21.3. The highest BCUT2D eigenvalue weighted by Gasteiger charge is 2.35. The van der Waals surface area contributed by atoms with Crippen molar-refractivity contribution in [2.24, 2.45) is 5.92 Å². The van der Waals surface area contributed by atoms with Gasteiger partial charge in [-0.25, -0.2) is 4.79 Å². The van der Waals surface area contributed by atoms with E-state index in [1.807, 2.05) is 44.3 Å². The molecule has 1 aromatic heterocycles. The molecule has 2 aromatic carbocycles. The number of aromatic nitrogens is 1. The van der Waals surface area contributed by atoms with Gasteiger partial charge < -0.3 is 15.6 Å². The van der Waals surface area contributed by atoms with E-state index in [0.29, 0.717) is 36.3 Å². The monoisotopic (exact) mass is 404 g/mol. The fourth-order valence-corrected chi connectivity index (χ4v) is 3.72. The van der Waals surface area contributed by atoms with Crippen LogP contribution in [-0.4, -0.2) is 40.8 Å². The summed E-state index contributed by atoms with van der Waals surface area (Å²) in [5.41, 5.74) is 3.40. The summed E-state index contributed by atoms with van der Waals surface area (Å²) in [6, 6.07) is 12.5. The van der Waals surface area contributed by atoms with Crippen LogP contribution in [0.15, 0.2) is 48.7 Å². The van der Waals surface area contributed by atoms with Crippen molar-refractivity contribution in [3.63, 3.8) is 0 Å². The quantitative estimate of drug-likeness (QED) is 0.546. The van der Waals surface area contributed by atoms with Crippen molar-refractivity contribution in [3.8, 4) is 0 Å². The number of para-hydroxylation sites is 1. The molecule has 1 aliphatic heterocycles. The number of imide groups is 1. The first-order chi connectivity index (χ1) is 14.4. The Morgan fingerprint density at radius 3 is 2.63 bits per heavy atom. The van der Waals surface area contributed by atoms with Crippen LogP contribution in [0.5, 0.6) is 0 Å². The lowest BCUT2D eigenvalue weighted by molar-refractivity contribution is 0.0636. The van der Waals surface area contributed by atoms with Crippen molar-refractivity contribution in [2.75, 3.05) is 18.4 Å². The van der Waals surface area contributed by atoms with Crippen molar-refractivity contribution in [2.45, 2.75) is 20.3 Å². The average molecular weight is 404 g/mol. The maximum absolute atomic E-state index is 12.6. The van der Waals surface area contributed by atoms with Gasteiger partial charge in [0.15, 0.2) is 0 Å². The molecule has 7 nitrogen and oxygen atoms in total. The van der Waals surface area contributed by atoms with E-state index >= 15 is 0 Å². The highest BCUT2D eigenvalue weighted by atomic mass is 16.2. The molecular weight excluding hydrogens is 380 g/mol. The van der Waals surface area contributed by atoms with Crippen molar-refractivity contribution >= 4 is 34.4 Å². The van der Waals surface area contributed by atoms with Crippen LogP contribution < -0.4 is 10.6 Å². The van der Waals surface area contributed by atoms with Gasteiger partial charge in [0.25, 0.3) is 11.8 Å². The number of carbonyl (C=O) groups excluding carboxylic acids is 3. The van der Waals surface area contributed by atoms with E-state index in [0.717, 1.165) is 16.5 Å². The van der Waals surface area contributed by atoms with Gasteiger partial charge in [-0.3, -0.25) is 14.5 Å². The van der Waals surface area contributed by atoms with E-state index in [2.05, 4.69) is 15.6 Å². The van der Waals surface area contributed by atoms with Crippen LogP contribution in [-0.2, 0) is 6.42 Å². The lowest BCUT2D eigenvalue weighted by atomic mass is 10.1. The summed E-state index contributed by atoms with van der Waals surface area (Å²) in [5.74, 6) is -0.404. The minimum absolute atomic E-state index is 0.188. The molecule has 7 heteroatoms. The molecule has 154 valence electrons. The summed E-state index contributed by atoms with van der Waals surface area (Å²) in [4.78, 5) is 41.7. The molecule has 0 radical (unpaired) electrons. The minimum Gasteiger partial charge on any atom is -0.361 e. The Hall–Kier alpha value is -3.61. The van der Waals surface area contributed by atoms with Gasteiger partial charge in [-0.15, -0.1) is 0 Å². The van der Waals surface area contributed by atoms with E-state index < -0.39 is 0 Å². The Balaban J connectivity index is 1.36. The number of H-pyrrole nitrogens is 1. The number of urea groups is 1. The topological polar surface area (TPSA) is 94.3 Å². The lowest BCUT2D eigenvalue weighted by Gasteiger charge is -2.15. The smallest absolute Gasteiger partial charge is 0.319 e. The van der Waals surface area contributed by atoms with Gasteiger partial charge in [0.05, 0.1) is 11.1 Å². The molecule has 0 saturated carbocycles. The summed E-state index contributed by atoms with van der Waals surface area (Å²) in [5, 5.41) is 6.72. The zero-order valence-electron chi connectivity index (χ0n) is 17.0. The third kappa shape index (κ3) is 3.78. The van der Waals surface area contributed by atoms with Gasteiger partial charge in [-0.05, 0) is 42.2 Å². The molecule has 1 aliphatic rings. The van der Waals surface area contributed by atoms with Crippen LogP contribution in [0.3, 0.4) is 0 Å². The number of nitrogens with one attached hydrogen (secondary N) is 3. The second kappa shape index (κ2) is 8.02. The number of nitrogens with zero attached hydrogens (tertiary/aromatic N) is 1. The predicted molar refractivity (Wildman–Crippen MR) is 116 cm³/mol. The Labute approximate surface area is 174 Å². The van der Waals surface area contributed by atoms with Gasteiger partial charge in [-0.1, -0.05) is 32.0 Å². The highest BCUT2D eigenvalue weighted by Crippen LogP contribution is 2.26. The van der Waals surface area contributed by atoms with Crippen LogP contribution in [0, 0.1) is 5.92 Å². The fraction of sp³-hybridized carbons (Fsp3) is 0.261. The lowest BCUT2D eigenvalue weighted by Crippen LogP contribution is -2.33. The van der Waals surface area contributed by atoms with Gasteiger partial charge in [0, 0.05) is 35.9 Å². The third-order valence-electron chi connectivity index (χ3n) is 5.13. The molecular formula is C23H24N4O3. The summed E-state index contributed by atoms with van der Waals surface area (Å²) >= 11 is 0. The molecule has 4 amide bonds. The van der Waals surface area contributed by atoms with E-state index in [4.69, 9.17) is 0 Å². The average Bonchev–Trinajstić information content (AvgIpc) is 3.23. The van der Waals surface area contributed by atoms with Crippen molar-refractivity contribution in [3.05, 3.63) is 65.4 Å². The molecule has 0 unspecified atom stereocenters. The van der Waals surface area contributed by atoms with E-state index in [1.165, 1.54) is 4.90 Å². The van der Waals surface area contributed by atoms with Gasteiger partial charge >= 0.3 is 6.03 Å². The Morgan fingerprint density at radius 1 is 1.07 bits per heavy atom. The second-order valence-electron chi connectivity index (χ2n) is 7.87. The number of benzene rings is 2.